The van der Waals surface area contributed by atoms with Crippen molar-refractivity contribution >= 4 is 17.3 Å². The lowest BCUT2D eigenvalue weighted by Gasteiger charge is -2.30. The van der Waals surface area contributed by atoms with Crippen LogP contribution in [0.5, 0.6) is 0 Å². The molecule has 1 amide bonds. The van der Waals surface area contributed by atoms with E-state index in [0.29, 0.717) is 6.42 Å². The molecule has 1 atom stereocenters. The molecule has 124 valence electrons. The highest BCUT2D eigenvalue weighted by Crippen LogP contribution is 2.41. The van der Waals surface area contributed by atoms with Gasteiger partial charge in [0.2, 0.25) is 11.5 Å². The van der Waals surface area contributed by atoms with E-state index in [2.05, 4.69) is 34.3 Å². The van der Waals surface area contributed by atoms with Crippen LogP contribution >= 0.6 is 0 Å². The summed E-state index contributed by atoms with van der Waals surface area (Å²) in [5.41, 5.74) is 5.26. The number of aromatic nitrogens is 1. The van der Waals surface area contributed by atoms with E-state index in [0.717, 1.165) is 35.5 Å². The second kappa shape index (κ2) is 5.82. The summed E-state index contributed by atoms with van der Waals surface area (Å²) in [5, 5.41) is 3.07. The molecule has 0 spiro atoms. The van der Waals surface area contributed by atoms with Crippen LogP contribution in [0.2, 0.25) is 0 Å². The third-order valence-corrected chi connectivity index (χ3v) is 5.16. The summed E-state index contributed by atoms with van der Waals surface area (Å²) in [7, 11) is 0. The van der Waals surface area contributed by atoms with Crippen LogP contribution in [-0.2, 0) is 4.79 Å². The van der Waals surface area contributed by atoms with Crippen molar-refractivity contribution in [3.05, 3.63) is 57.5 Å². The average Bonchev–Trinajstić information content (AvgIpc) is 3.10. The number of fused-ring (bicyclic) bond motifs is 1. The highest BCUT2D eigenvalue weighted by Gasteiger charge is 2.29. The predicted octanol–water partition coefficient (Wildman–Crippen LogP) is 2.76. The molecule has 1 unspecified atom stereocenters. The number of hydrogen-bond donors (Lipinski definition) is 2. The molecule has 1 fully saturated rings. The normalized spacial score (nSPS) is 20.0. The molecule has 2 aliphatic rings. The van der Waals surface area contributed by atoms with Crippen LogP contribution in [0.15, 0.2) is 35.3 Å². The number of amides is 1. The molecule has 5 heteroatoms. The van der Waals surface area contributed by atoms with Gasteiger partial charge in [0.1, 0.15) is 0 Å². The summed E-state index contributed by atoms with van der Waals surface area (Å²) >= 11 is 0. The lowest BCUT2D eigenvalue weighted by molar-refractivity contribution is -0.116. The van der Waals surface area contributed by atoms with Crippen molar-refractivity contribution in [2.45, 2.75) is 32.1 Å². The van der Waals surface area contributed by atoms with Gasteiger partial charge in [-0.2, -0.15) is 0 Å². The second-order valence-electron chi connectivity index (χ2n) is 6.66. The topological polar surface area (TPSA) is 65.2 Å². The summed E-state index contributed by atoms with van der Waals surface area (Å²) in [4.78, 5) is 28.7. The molecule has 2 aromatic rings. The van der Waals surface area contributed by atoms with Crippen molar-refractivity contribution < 1.29 is 4.79 Å². The van der Waals surface area contributed by atoms with Crippen molar-refractivity contribution in [3.8, 4) is 0 Å². The fourth-order valence-corrected chi connectivity index (χ4v) is 3.90. The molecule has 1 aromatic heterocycles. The van der Waals surface area contributed by atoms with Crippen LogP contribution in [-0.4, -0.2) is 24.0 Å². The molecule has 0 radical (unpaired) electrons. The Bertz CT molecular complexity index is 830. The molecule has 0 saturated carbocycles. The van der Waals surface area contributed by atoms with Gasteiger partial charge in [0.25, 0.3) is 0 Å². The number of aromatic amines is 1. The number of nitrogens with zero attached hydrogens (tertiary/aromatic N) is 1. The Kier molecular flexibility index (Phi) is 3.63. The van der Waals surface area contributed by atoms with Crippen LogP contribution in [0.3, 0.4) is 0 Å². The minimum Gasteiger partial charge on any atom is -0.371 e. The standard InChI is InChI=1S/C19H21N3O2/c1-12-16(22-8-2-3-9-22)6-5-14-15(10-18(24)21-19(12)14)13-4-7-17(23)20-11-13/h4-7,11,15H,2-3,8-10H2,1H3,(H,20,23)(H,21,24). The van der Waals surface area contributed by atoms with Crippen LogP contribution in [0, 0.1) is 6.92 Å². The molecule has 0 aliphatic carbocycles. The number of H-pyrrole nitrogens is 1. The maximum absolute atomic E-state index is 12.3. The Morgan fingerprint density at radius 1 is 1.08 bits per heavy atom. The zero-order chi connectivity index (χ0) is 16.7. The van der Waals surface area contributed by atoms with E-state index in [-0.39, 0.29) is 17.4 Å². The quantitative estimate of drug-likeness (QED) is 0.893. The summed E-state index contributed by atoms with van der Waals surface area (Å²) in [6.45, 7) is 4.25. The largest absolute Gasteiger partial charge is 0.371 e. The minimum atomic E-state index is -0.125. The first-order valence-electron chi connectivity index (χ1n) is 8.50. The maximum Gasteiger partial charge on any atom is 0.247 e. The number of carbonyl (C=O) groups excluding carboxylic acids is 1. The van der Waals surface area contributed by atoms with Gasteiger partial charge in [-0.15, -0.1) is 0 Å². The van der Waals surface area contributed by atoms with E-state index in [9.17, 15) is 9.59 Å². The SMILES string of the molecule is Cc1c(N2CCCC2)ccc2c1NC(=O)CC2c1ccc(=O)[nH]c1. The second-order valence-corrected chi connectivity index (χ2v) is 6.66. The smallest absolute Gasteiger partial charge is 0.247 e. The predicted molar refractivity (Wildman–Crippen MR) is 94.8 cm³/mol. The minimum absolute atomic E-state index is 0.0167. The maximum atomic E-state index is 12.3. The average molecular weight is 323 g/mol. The fourth-order valence-electron chi connectivity index (χ4n) is 3.90. The highest BCUT2D eigenvalue weighted by atomic mass is 16.1. The summed E-state index contributed by atoms with van der Waals surface area (Å²) in [5.74, 6) is 0.0114. The van der Waals surface area contributed by atoms with E-state index < -0.39 is 0 Å². The molecule has 1 saturated heterocycles. The molecular weight excluding hydrogens is 302 g/mol. The van der Waals surface area contributed by atoms with Crippen molar-refractivity contribution in [2.24, 2.45) is 0 Å². The number of carbonyl (C=O) groups is 1. The Morgan fingerprint density at radius 2 is 1.88 bits per heavy atom. The van der Waals surface area contributed by atoms with E-state index in [1.165, 1.54) is 24.6 Å². The van der Waals surface area contributed by atoms with Crippen LogP contribution < -0.4 is 15.8 Å². The summed E-state index contributed by atoms with van der Waals surface area (Å²) in [6, 6.07) is 7.64. The Morgan fingerprint density at radius 3 is 2.58 bits per heavy atom. The van der Waals surface area contributed by atoms with Gasteiger partial charge in [-0.25, -0.2) is 0 Å². The van der Waals surface area contributed by atoms with E-state index in [1.807, 2.05) is 6.07 Å². The molecule has 4 rings (SSSR count). The van der Waals surface area contributed by atoms with E-state index >= 15 is 0 Å². The van der Waals surface area contributed by atoms with Crippen molar-refractivity contribution in [3.63, 3.8) is 0 Å². The number of hydrogen-bond acceptors (Lipinski definition) is 3. The molecule has 1 aromatic carbocycles. The third-order valence-electron chi connectivity index (χ3n) is 5.16. The third kappa shape index (κ3) is 2.50. The van der Waals surface area contributed by atoms with Crippen LogP contribution in [0.1, 0.15) is 41.9 Å². The Labute approximate surface area is 140 Å². The first-order chi connectivity index (χ1) is 11.6. The molecule has 2 aliphatic heterocycles. The van der Waals surface area contributed by atoms with Gasteiger partial charge in [0.05, 0.1) is 0 Å². The molecule has 24 heavy (non-hydrogen) atoms. The number of rotatable bonds is 2. The molecule has 2 N–H and O–H groups in total. The lowest BCUT2D eigenvalue weighted by Crippen LogP contribution is -2.26. The number of pyridine rings is 1. The van der Waals surface area contributed by atoms with Crippen molar-refractivity contribution in [2.75, 3.05) is 23.3 Å². The van der Waals surface area contributed by atoms with Gasteiger partial charge in [0, 0.05) is 49.1 Å². The zero-order valence-corrected chi connectivity index (χ0v) is 13.8. The molecular formula is C19H21N3O2. The fraction of sp³-hybridized carbons (Fsp3) is 0.368. The van der Waals surface area contributed by atoms with Crippen LogP contribution in [0.4, 0.5) is 11.4 Å². The number of anilines is 2. The number of nitrogens with one attached hydrogen (secondary N) is 2. The Hall–Kier alpha value is -2.56. The van der Waals surface area contributed by atoms with E-state index in [1.54, 1.807) is 6.20 Å². The first kappa shape index (κ1) is 15.0. The highest BCUT2D eigenvalue weighted by molar-refractivity contribution is 5.97. The first-order valence-corrected chi connectivity index (χ1v) is 8.50. The monoisotopic (exact) mass is 323 g/mol. The number of benzene rings is 1. The van der Waals surface area contributed by atoms with Crippen LogP contribution in [0.25, 0.3) is 0 Å². The van der Waals surface area contributed by atoms with Gasteiger partial charge in [-0.3, -0.25) is 9.59 Å². The molecule has 5 nitrogen and oxygen atoms in total. The van der Waals surface area contributed by atoms with Gasteiger partial charge in [-0.05, 0) is 42.5 Å². The van der Waals surface area contributed by atoms with Crippen molar-refractivity contribution in [1.29, 1.82) is 0 Å². The Balaban J connectivity index is 1.79. The van der Waals surface area contributed by atoms with E-state index in [4.69, 9.17) is 0 Å². The van der Waals surface area contributed by atoms with Crippen molar-refractivity contribution in [1.82, 2.24) is 4.98 Å². The summed E-state index contributed by atoms with van der Waals surface area (Å²) in [6.07, 6.45) is 4.58. The molecule has 0 bridgehead atoms. The van der Waals surface area contributed by atoms with Gasteiger partial charge < -0.3 is 15.2 Å². The summed E-state index contributed by atoms with van der Waals surface area (Å²) < 4.78 is 0. The van der Waals surface area contributed by atoms with Gasteiger partial charge in [-0.1, -0.05) is 12.1 Å². The lowest BCUT2D eigenvalue weighted by atomic mass is 9.84. The zero-order valence-electron chi connectivity index (χ0n) is 13.8. The van der Waals surface area contributed by atoms with Gasteiger partial charge >= 0.3 is 0 Å². The van der Waals surface area contributed by atoms with Gasteiger partial charge in [0.15, 0.2) is 0 Å². The molecule has 3 heterocycles.